The van der Waals surface area contributed by atoms with E-state index < -0.39 is 5.92 Å². The second kappa shape index (κ2) is 13.0. The van der Waals surface area contributed by atoms with Crippen LogP contribution in [0.5, 0.6) is 11.5 Å². The van der Waals surface area contributed by atoms with Crippen LogP contribution in [-0.4, -0.2) is 23.1 Å². The minimum absolute atomic E-state index is 0.0651. The molecule has 3 aromatic carbocycles. The molecule has 3 aromatic rings. The van der Waals surface area contributed by atoms with Gasteiger partial charge in [0.05, 0.1) is 11.6 Å². The highest BCUT2D eigenvalue weighted by atomic mass is 35.5. The molecule has 0 unspecified atom stereocenters. The third-order valence-corrected chi connectivity index (χ3v) is 10.1. The molecule has 3 aliphatic rings. The van der Waals surface area contributed by atoms with E-state index in [2.05, 4.69) is 44.7 Å². The van der Waals surface area contributed by atoms with Crippen LogP contribution in [0.4, 0.5) is 0 Å². The first kappa shape index (κ1) is 33.6. The Labute approximate surface area is 292 Å². The Balaban J connectivity index is 1.51. The van der Waals surface area contributed by atoms with Crippen LogP contribution >= 0.6 is 34.8 Å². The predicted octanol–water partition coefficient (Wildman–Crippen LogP) is 10.5. The van der Waals surface area contributed by atoms with E-state index in [0.717, 1.165) is 40.9 Å². The molecule has 246 valence electrons. The van der Waals surface area contributed by atoms with Crippen molar-refractivity contribution in [1.82, 2.24) is 4.90 Å². The highest BCUT2D eigenvalue weighted by molar-refractivity contribution is 6.35. The number of ketones is 2. The smallest absolute Gasteiger partial charge is 0.180 e. The van der Waals surface area contributed by atoms with Gasteiger partial charge in [-0.15, -0.1) is 0 Å². The number of ether oxygens (including phenoxy) is 2. The van der Waals surface area contributed by atoms with Crippen LogP contribution in [-0.2, 0) is 22.7 Å². The maximum absolute atomic E-state index is 14.3. The second-order valence-corrected chi connectivity index (χ2v) is 15.6. The molecule has 2 aliphatic carbocycles. The van der Waals surface area contributed by atoms with E-state index in [9.17, 15) is 9.59 Å². The normalized spacial score (nSPS) is 19.1. The van der Waals surface area contributed by atoms with Gasteiger partial charge < -0.3 is 14.4 Å². The van der Waals surface area contributed by atoms with E-state index in [-0.39, 0.29) is 29.0 Å². The first-order valence-electron chi connectivity index (χ1n) is 16.1. The number of nitrogens with zero attached hydrogens (tertiary/aromatic N) is 1. The van der Waals surface area contributed by atoms with Crippen LogP contribution in [0.25, 0.3) is 0 Å². The lowest BCUT2D eigenvalue weighted by Crippen LogP contribution is -2.44. The van der Waals surface area contributed by atoms with E-state index in [4.69, 9.17) is 44.3 Å². The van der Waals surface area contributed by atoms with Crippen LogP contribution in [0.3, 0.4) is 0 Å². The van der Waals surface area contributed by atoms with Gasteiger partial charge in [0.2, 0.25) is 0 Å². The fraction of sp³-hybridized carbons (Fsp3) is 0.385. The Kier molecular flexibility index (Phi) is 9.30. The Morgan fingerprint density at radius 2 is 1.38 bits per heavy atom. The summed E-state index contributed by atoms with van der Waals surface area (Å²) >= 11 is 19.5. The van der Waals surface area contributed by atoms with Crippen LogP contribution < -0.4 is 9.47 Å². The zero-order valence-corrected chi connectivity index (χ0v) is 29.8. The number of hydrogen-bond donors (Lipinski definition) is 0. The molecule has 6 rings (SSSR count). The van der Waals surface area contributed by atoms with Crippen molar-refractivity contribution < 1.29 is 19.1 Å². The predicted molar refractivity (Wildman–Crippen MR) is 188 cm³/mol. The van der Waals surface area contributed by atoms with Crippen LogP contribution in [0.1, 0.15) is 82.9 Å². The topological polar surface area (TPSA) is 55.8 Å². The SMILES string of the molecule is CCOc1cc(C2C3=C(CC(C)(C)CC3=O)N(Cc3ccccc3)C3=C2C(=O)CC(C)(C)C3)cc(Cl)c1OCc1ccc(Cl)cc1Cl. The van der Waals surface area contributed by atoms with Gasteiger partial charge in [-0.1, -0.05) is 98.9 Å². The first-order valence-corrected chi connectivity index (χ1v) is 17.3. The summed E-state index contributed by atoms with van der Waals surface area (Å²) in [6.07, 6.45) is 2.24. The lowest BCUT2D eigenvalue weighted by Gasteiger charge is -2.49. The van der Waals surface area contributed by atoms with E-state index in [1.165, 1.54) is 0 Å². The Hall–Kier alpha value is -3.25. The molecule has 47 heavy (non-hydrogen) atoms. The van der Waals surface area contributed by atoms with Crippen LogP contribution in [0.15, 0.2) is 83.2 Å². The van der Waals surface area contributed by atoms with Crippen molar-refractivity contribution in [2.75, 3.05) is 6.61 Å². The number of Topliss-reactive ketones (excluding diaryl/α,β-unsaturated/α-hetero) is 2. The summed E-state index contributed by atoms with van der Waals surface area (Å²) in [6, 6.07) is 19.2. The Morgan fingerprint density at radius 3 is 1.96 bits per heavy atom. The lowest BCUT2D eigenvalue weighted by atomic mass is 9.63. The van der Waals surface area contributed by atoms with Crippen LogP contribution in [0.2, 0.25) is 15.1 Å². The standard InChI is InChI=1S/C39H40Cl3NO4/c1-6-46-33-15-25(14-28(42)37(33)47-22-24-12-13-26(40)16-27(24)41)34-35-29(17-38(2,3)19-31(35)44)43(21-23-10-8-7-9-11-23)30-18-39(4,5)20-32(45)36(30)34/h7-16,34H,6,17-22H2,1-5H3. The van der Waals surface area contributed by atoms with Crippen molar-refractivity contribution in [1.29, 1.82) is 0 Å². The summed E-state index contributed by atoms with van der Waals surface area (Å²) in [5.41, 5.74) is 5.54. The molecule has 0 N–H and O–H groups in total. The molecule has 0 amide bonds. The van der Waals surface area contributed by atoms with Gasteiger partial charge in [-0.3, -0.25) is 9.59 Å². The van der Waals surface area contributed by atoms with Gasteiger partial charge in [0, 0.05) is 63.5 Å². The minimum atomic E-state index is -0.560. The Bertz CT molecular complexity index is 1750. The zero-order valence-electron chi connectivity index (χ0n) is 27.5. The molecule has 0 bridgehead atoms. The third kappa shape index (κ3) is 6.86. The van der Waals surface area contributed by atoms with Crippen molar-refractivity contribution in [2.24, 2.45) is 10.8 Å². The summed E-state index contributed by atoms with van der Waals surface area (Å²) in [6.45, 7) is 11.6. The Morgan fingerprint density at radius 1 is 0.766 bits per heavy atom. The highest BCUT2D eigenvalue weighted by Crippen LogP contribution is 2.56. The first-order chi connectivity index (χ1) is 22.3. The van der Waals surface area contributed by atoms with Gasteiger partial charge in [0.1, 0.15) is 6.61 Å². The molecule has 0 saturated carbocycles. The molecule has 0 saturated heterocycles. The number of allylic oxidation sites excluding steroid dienone is 4. The van der Waals surface area contributed by atoms with Gasteiger partial charge in [-0.05, 0) is 66.0 Å². The molecule has 8 heteroatoms. The summed E-state index contributed by atoms with van der Waals surface area (Å²) in [5, 5.41) is 1.36. The summed E-state index contributed by atoms with van der Waals surface area (Å²) in [5.74, 6) is 0.393. The molecular formula is C39H40Cl3NO4. The van der Waals surface area contributed by atoms with E-state index in [1.54, 1.807) is 12.1 Å². The third-order valence-electron chi connectivity index (χ3n) is 9.26. The molecule has 1 aliphatic heterocycles. The fourth-order valence-corrected chi connectivity index (χ4v) is 8.02. The molecule has 5 nitrogen and oxygen atoms in total. The van der Waals surface area contributed by atoms with E-state index >= 15 is 0 Å². The molecule has 1 heterocycles. The molecular weight excluding hydrogens is 653 g/mol. The zero-order chi connectivity index (χ0) is 33.7. The average Bonchev–Trinajstić information content (AvgIpc) is 2.97. The summed E-state index contributed by atoms with van der Waals surface area (Å²) in [7, 11) is 0. The van der Waals surface area contributed by atoms with Gasteiger partial charge >= 0.3 is 0 Å². The maximum atomic E-state index is 14.3. The van der Waals surface area contributed by atoms with Gasteiger partial charge in [0.25, 0.3) is 0 Å². The van der Waals surface area contributed by atoms with Crippen molar-refractivity contribution in [3.8, 4) is 11.5 Å². The summed E-state index contributed by atoms with van der Waals surface area (Å²) in [4.78, 5) is 30.9. The van der Waals surface area contributed by atoms with Gasteiger partial charge in [0.15, 0.2) is 23.1 Å². The van der Waals surface area contributed by atoms with E-state index in [0.29, 0.717) is 63.7 Å². The second-order valence-electron chi connectivity index (χ2n) is 14.4. The molecule has 0 fully saturated rings. The minimum Gasteiger partial charge on any atom is -0.490 e. The monoisotopic (exact) mass is 691 g/mol. The van der Waals surface area contributed by atoms with Gasteiger partial charge in [-0.25, -0.2) is 0 Å². The molecule has 0 spiro atoms. The van der Waals surface area contributed by atoms with E-state index in [1.807, 2.05) is 43.3 Å². The number of halogens is 3. The largest absolute Gasteiger partial charge is 0.490 e. The maximum Gasteiger partial charge on any atom is 0.180 e. The lowest BCUT2D eigenvalue weighted by molar-refractivity contribution is -0.119. The number of carbonyl (C=O) groups is 2. The molecule has 0 aromatic heterocycles. The fourth-order valence-electron chi connectivity index (χ4n) is 7.28. The summed E-state index contributed by atoms with van der Waals surface area (Å²) < 4.78 is 12.3. The van der Waals surface area contributed by atoms with Gasteiger partial charge in [-0.2, -0.15) is 0 Å². The molecule has 0 atom stereocenters. The highest BCUT2D eigenvalue weighted by Gasteiger charge is 2.49. The van der Waals surface area contributed by atoms with Crippen molar-refractivity contribution in [3.63, 3.8) is 0 Å². The van der Waals surface area contributed by atoms with Crippen molar-refractivity contribution in [2.45, 2.75) is 79.4 Å². The quantitative estimate of drug-likeness (QED) is 0.235. The number of rotatable bonds is 8. The van der Waals surface area contributed by atoms with Crippen molar-refractivity contribution in [3.05, 3.63) is 115 Å². The number of benzene rings is 3. The average molecular weight is 693 g/mol. The molecule has 0 radical (unpaired) electrons. The van der Waals surface area contributed by atoms with Crippen molar-refractivity contribution >= 4 is 46.4 Å². The number of carbonyl (C=O) groups excluding carboxylic acids is 2. The van der Waals surface area contributed by atoms with Crippen LogP contribution in [0, 0.1) is 10.8 Å². The number of hydrogen-bond acceptors (Lipinski definition) is 5.